The van der Waals surface area contributed by atoms with Crippen molar-refractivity contribution in [2.75, 3.05) is 25.5 Å². The van der Waals surface area contributed by atoms with E-state index < -0.39 is 10.0 Å². The maximum absolute atomic E-state index is 12.5. The van der Waals surface area contributed by atoms with E-state index in [0.717, 1.165) is 44.0 Å². The van der Waals surface area contributed by atoms with Crippen LogP contribution < -0.4 is 10.0 Å². The molecule has 2 N–H and O–H groups in total. The lowest BCUT2D eigenvalue weighted by atomic mass is 9.93. The average molecular weight is 391 g/mol. The highest BCUT2D eigenvalue weighted by Crippen LogP contribution is 2.31. The molecule has 4 rings (SSSR count). The van der Waals surface area contributed by atoms with Gasteiger partial charge in [0.05, 0.1) is 18.4 Å². The molecule has 1 aromatic heterocycles. The fourth-order valence-electron chi connectivity index (χ4n) is 3.85. The number of hydrogen-bond acceptors (Lipinski definition) is 6. The Labute approximate surface area is 159 Å². The quantitative estimate of drug-likeness (QED) is 0.814. The highest BCUT2D eigenvalue weighted by atomic mass is 32.2. The van der Waals surface area contributed by atoms with E-state index in [4.69, 9.17) is 9.15 Å². The van der Waals surface area contributed by atoms with Gasteiger partial charge < -0.3 is 14.5 Å². The van der Waals surface area contributed by atoms with Gasteiger partial charge in [-0.15, -0.1) is 0 Å². The maximum Gasteiger partial charge on any atom is 0.244 e. The SMILES string of the molecule is COCc1ccc(CN2CCC([C@@H]3Nc4ccccc4S(=O)(=O)N3)CC2)o1. The van der Waals surface area contributed by atoms with Crippen LogP contribution >= 0.6 is 0 Å². The van der Waals surface area contributed by atoms with Gasteiger partial charge in [0.15, 0.2) is 0 Å². The van der Waals surface area contributed by atoms with Crippen LogP contribution in [-0.2, 0) is 27.9 Å². The summed E-state index contributed by atoms with van der Waals surface area (Å²) in [7, 11) is -1.81. The molecule has 1 aromatic carbocycles. The third-order valence-electron chi connectivity index (χ3n) is 5.26. The van der Waals surface area contributed by atoms with E-state index in [9.17, 15) is 8.42 Å². The van der Waals surface area contributed by atoms with E-state index in [0.29, 0.717) is 17.2 Å². The van der Waals surface area contributed by atoms with Crippen LogP contribution in [0, 0.1) is 5.92 Å². The summed E-state index contributed by atoms with van der Waals surface area (Å²) in [4.78, 5) is 2.67. The number of anilines is 1. The minimum atomic E-state index is -3.46. The van der Waals surface area contributed by atoms with E-state index in [1.54, 1.807) is 19.2 Å². The van der Waals surface area contributed by atoms with Crippen LogP contribution in [0.25, 0.3) is 0 Å². The smallest absolute Gasteiger partial charge is 0.244 e. The number of rotatable bonds is 5. The van der Waals surface area contributed by atoms with Gasteiger partial charge in [-0.1, -0.05) is 12.1 Å². The van der Waals surface area contributed by atoms with Crippen LogP contribution in [0.4, 0.5) is 5.69 Å². The second kappa shape index (κ2) is 7.63. The van der Waals surface area contributed by atoms with Crippen molar-refractivity contribution in [3.8, 4) is 0 Å². The third kappa shape index (κ3) is 4.03. The number of nitrogens with zero attached hydrogens (tertiary/aromatic N) is 1. The number of para-hydroxylation sites is 1. The minimum Gasteiger partial charge on any atom is -0.462 e. The molecule has 1 atom stereocenters. The first-order chi connectivity index (χ1) is 13.0. The van der Waals surface area contributed by atoms with Gasteiger partial charge in [0, 0.05) is 7.11 Å². The Morgan fingerprint density at radius 3 is 2.67 bits per heavy atom. The first-order valence-corrected chi connectivity index (χ1v) is 10.7. The van der Waals surface area contributed by atoms with E-state index in [-0.39, 0.29) is 12.1 Å². The Balaban J connectivity index is 1.35. The molecule has 0 spiro atoms. The summed E-state index contributed by atoms with van der Waals surface area (Å²) in [5.41, 5.74) is 0.685. The fraction of sp³-hybridized carbons (Fsp3) is 0.474. The molecule has 0 unspecified atom stereocenters. The molecule has 7 nitrogen and oxygen atoms in total. The second-order valence-corrected chi connectivity index (χ2v) is 8.84. The van der Waals surface area contributed by atoms with E-state index in [1.165, 1.54) is 0 Å². The van der Waals surface area contributed by atoms with Crippen LogP contribution in [0.1, 0.15) is 24.4 Å². The summed E-state index contributed by atoms with van der Waals surface area (Å²) in [6, 6.07) is 11.0. The molecular weight excluding hydrogens is 366 g/mol. The molecule has 3 heterocycles. The number of hydrogen-bond donors (Lipinski definition) is 2. The van der Waals surface area contributed by atoms with Gasteiger partial charge >= 0.3 is 0 Å². The Hall–Kier alpha value is -1.87. The molecule has 0 amide bonds. The number of benzene rings is 1. The van der Waals surface area contributed by atoms with Gasteiger partial charge in [-0.05, 0) is 56.1 Å². The molecular formula is C19H25N3O4S. The summed E-state index contributed by atoms with van der Waals surface area (Å²) >= 11 is 0. The van der Waals surface area contributed by atoms with Gasteiger partial charge in [-0.25, -0.2) is 8.42 Å². The largest absolute Gasteiger partial charge is 0.462 e. The van der Waals surface area contributed by atoms with Gasteiger partial charge in [-0.2, -0.15) is 4.72 Å². The van der Waals surface area contributed by atoms with Crippen molar-refractivity contribution in [3.05, 3.63) is 47.9 Å². The molecule has 1 fully saturated rings. The Morgan fingerprint density at radius 2 is 1.89 bits per heavy atom. The van der Waals surface area contributed by atoms with Crippen molar-refractivity contribution in [1.29, 1.82) is 0 Å². The first kappa shape index (κ1) is 18.5. The average Bonchev–Trinajstić information content (AvgIpc) is 3.09. The number of likely N-dealkylation sites (tertiary alicyclic amines) is 1. The van der Waals surface area contributed by atoms with Crippen molar-refractivity contribution < 1.29 is 17.6 Å². The molecule has 1 saturated heterocycles. The molecule has 2 aliphatic heterocycles. The van der Waals surface area contributed by atoms with Gasteiger partial charge in [0.2, 0.25) is 10.0 Å². The highest BCUT2D eigenvalue weighted by molar-refractivity contribution is 7.89. The molecule has 8 heteroatoms. The molecule has 2 aliphatic rings. The predicted octanol–water partition coefficient (Wildman–Crippen LogP) is 2.37. The molecule has 0 aliphatic carbocycles. The van der Waals surface area contributed by atoms with Crippen LogP contribution in [0.3, 0.4) is 0 Å². The van der Waals surface area contributed by atoms with Crippen LogP contribution in [0.15, 0.2) is 45.7 Å². The zero-order valence-corrected chi connectivity index (χ0v) is 16.2. The summed E-state index contributed by atoms with van der Waals surface area (Å²) in [6.45, 7) is 3.07. The van der Waals surface area contributed by atoms with E-state index in [2.05, 4.69) is 14.9 Å². The lowest BCUT2D eigenvalue weighted by Crippen LogP contribution is -2.51. The monoisotopic (exact) mass is 391 g/mol. The number of furan rings is 1. The van der Waals surface area contributed by atoms with Gasteiger partial charge in [0.1, 0.15) is 23.0 Å². The predicted molar refractivity (Wildman–Crippen MR) is 102 cm³/mol. The number of nitrogens with one attached hydrogen (secondary N) is 2. The number of methoxy groups -OCH3 is 1. The van der Waals surface area contributed by atoms with Crippen molar-refractivity contribution >= 4 is 15.7 Å². The van der Waals surface area contributed by atoms with Crippen molar-refractivity contribution in [2.45, 2.75) is 37.1 Å². The van der Waals surface area contributed by atoms with Crippen LogP contribution in [-0.4, -0.2) is 39.7 Å². The van der Waals surface area contributed by atoms with Crippen molar-refractivity contribution in [2.24, 2.45) is 5.92 Å². The van der Waals surface area contributed by atoms with E-state index >= 15 is 0 Å². The lowest BCUT2D eigenvalue weighted by molar-refractivity contribution is 0.143. The number of ether oxygens (including phenoxy) is 1. The third-order valence-corrected chi connectivity index (χ3v) is 6.76. The topological polar surface area (TPSA) is 83.8 Å². The normalized spacial score (nSPS) is 22.9. The standard InChI is InChI=1S/C19H25N3O4S/c1-25-13-16-7-6-15(26-16)12-22-10-8-14(9-11-22)19-20-17-4-2-3-5-18(17)27(23,24)21-19/h2-7,14,19-21H,8-13H2,1H3/t19-/m1/s1. The Kier molecular flexibility index (Phi) is 5.23. The van der Waals surface area contributed by atoms with Gasteiger partial charge in [-0.3, -0.25) is 4.90 Å². The summed E-state index contributed by atoms with van der Waals surface area (Å²) in [5, 5.41) is 3.36. The van der Waals surface area contributed by atoms with Gasteiger partial charge in [0.25, 0.3) is 0 Å². The second-order valence-electron chi connectivity index (χ2n) is 7.15. The Morgan fingerprint density at radius 1 is 1.15 bits per heavy atom. The molecule has 0 radical (unpaired) electrons. The maximum atomic E-state index is 12.5. The van der Waals surface area contributed by atoms with Crippen molar-refractivity contribution in [1.82, 2.24) is 9.62 Å². The minimum absolute atomic E-state index is 0.255. The Bertz CT molecular complexity index is 888. The van der Waals surface area contributed by atoms with Crippen molar-refractivity contribution in [3.63, 3.8) is 0 Å². The highest BCUT2D eigenvalue weighted by Gasteiger charge is 2.35. The number of fused-ring (bicyclic) bond motifs is 1. The summed E-state index contributed by atoms with van der Waals surface area (Å²) in [6.07, 6.45) is 1.59. The zero-order valence-electron chi connectivity index (χ0n) is 15.3. The first-order valence-electron chi connectivity index (χ1n) is 9.22. The molecule has 146 valence electrons. The van der Waals surface area contributed by atoms with Crippen LogP contribution in [0.5, 0.6) is 0 Å². The molecule has 2 aromatic rings. The lowest BCUT2D eigenvalue weighted by Gasteiger charge is -2.38. The summed E-state index contributed by atoms with van der Waals surface area (Å²) < 4.78 is 38.7. The molecule has 0 saturated carbocycles. The fourth-order valence-corrected chi connectivity index (χ4v) is 5.24. The van der Waals surface area contributed by atoms with Crippen LogP contribution in [0.2, 0.25) is 0 Å². The number of sulfonamides is 1. The molecule has 0 bridgehead atoms. The van der Waals surface area contributed by atoms with E-state index in [1.807, 2.05) is 24.3 Å². The molecule has 27 heavy (non-hydrogen) atoms. The number of piperidine rings is 1. The zero-order chi connectivity index (χ0) is 18.9. The summed E-state index contributed by atoms with van der Waals surface area (Å²) in [5.74, 6) is 2.03.